The summed E-state index contributed by atoms with van der Waals surface area (Å²) >= 11 is 0. The third kappa shape index (κ3) is 3.54. The Bertz CT molecular complexity index is 734. The SMILES string of the molecule is CCC(CC)C(=O)Nc1c(C#N)cnn1-c1nc(C)cc(C)n1. The summed E-state index contributed by atoms with van der Waals surface area (Å²) in [6, 6.07) is 3.89. The van der Waals surface area contributed by atoms with Crippen molar-refractivity contribution >= 4 is 11.7 Å². The Morgan fingerprint density at radius 3 is 2.43 bits per heavy atom. The molecule has 0 spiro atoms. The summed E-state index contributed by atoms with van der Waals surface area (Å²) in [4.78, 5) is 21.0. The molecule has 7 nitrogen and oxygen atoms in total. The number of amides is 1. The summed E-state index contributed by atoms with van der Waals surface area (Å²) < 4.78 is 1.40. The Kier molecular flexibility index (Phi) is 5.06. The first kappa shape index (κ1) is 16.6. The van der Waals surface area contributed by atoms with Gasteiger partial charge in [0.1, 0.15) is 11.6 Å². The molecule has 2 aromatic heterocycles. The molecule has 0 saturated heterocycles. The van der Waals surface area contributed by atoms with Gasteiger partial charge in [0.2, 0.25) is 5.91 Å². The minimum Gasteiger partial charge on any atom is -0.309 e. The van der Waals surface area contributed by atoms with Gasteiger partial charge in [-0.2, -0.15) is 15.0 Å². The van der Waals surface area contributed by atoms with E-state index in [9.17, 15) is 10.1 Å². The standard InChI is InChI=1S/C16H20N6O/c1-5-12(6-2)15(23)21-14-13(8-17)9-18-22(14)16-19-10(3)7-11(4)20-16/h7,9,12H,5-6H2,1-4H3,(H,21,23). The molecule has 0 saturated carbocycles. The fourth-order valence-electron chi connectivity index (χ4n) is 2.38. The number of aryl methyl sites for hydroxylation is 2. The van der Waals surface area contributed by atoms with Crippen molar-refractivity contribution in [3.05, 3.63) is 29.2 Å². The van der Waals surface area contributed by atoms with Crippen molar-refractivity contribution in [1.29, 1.82) is 5.26 Å². The molecule has 0 unspecified atom stereocenters. The maximum Gasteiger partial charge on any atom is 0.252 e. The number of hydrogen-bond donors (Lipinski definition) is 1. The molecule has 0 atom stereocenters. The van der Waals surface area contributed by atoms with E-state index in [2.05, 4.69) is 20.4 Å². The number of carbonyl (C=O) groups excluding carboxylic acids is 1. The van der Waals surface area contributed by atoms with Crippen molar-refractivity contribution in [2.24, 2.45) is 5.92 Å². The third-order valence-corrected chi connectivity index (χ3v) is 3.65. The number of nitrogens with zero attached hydrogens (tertiary/aromatic N) is 5. The molecule has 0 aromatic carbocycles. The molecule has 7 heteroatoms. The molecule has 0 bridgehead atoms. The number of aromatic nitrogens is 4. The lowest BCUT2D eigenvalue weighted by Crippen LogP contribution is -2.24. The Morgan fingerprint density at radius 1 is 1.30 bits per heavy atom. The van der Waals surface area contributed by atoms with Gasteiger partial charge in [0.15, 0.2) is 5.82 Å². The Hall–Kier alpha value is -2.75. The maximum absolute atomic E-state index is 12.4. The second-order valence-electron chi connectivity index (χ2n) is 5.38. The third-order valence-electron chi connectivity index (χ3n) is 3.65. The van der Waals surface area contributed by atoms with Crippen molar-refractivity contribution < 1.29 is 4.79 Å². The largest absolute Gasteiger partial charge is 0.309 e. The summed E-state index contributed by atoms with van der Waals surface area (Å²) in [7, 11) is 0. The number of carbonyl (C=O) groups is 1. The molecule has 0 fully saturated rings. The van der Waals surface area contributed by atoms with Gasteiger partial charge in [0.25, 0.3) is 5.95 Å². The fraction of sp³-hybridized carbons (Fsp3) is 0.438. The quantitative estimate of drug-likeness (QED) is 0.915. The summed E-state index contributed by atoms with van der Waals surface area (Å²) in [5.74, 6) is 0.418. The molecule has 0 aliphatic rings. The van der Waals surface area contributed by atoms with Gasteiger partial charge in [-0.25, -0.2) is 9.97 Å². The number of rotatable bonds is 5. The summed E-state index contributed by atoms with van der Waals surface area (Å²) in [5.41, 5.74) is 1.87. The van der Waals surface area contributed by atoms with Crippen LogP contribution in [0.4, 0.5) is 5.82 Å². The second kappa shape index (κ2) is 7.01. The zero-order chi connectivity index (χ0) is 17.0. The molecule has 2 aromatic rings. The van der Waals surface area contributed by atoms with Gasteiger partial charge in [0, 0.05) is 17.3 Å². The average molecular weight is 312 g/mol. The first-order valence-electron chi connectivity index (χ1n) is 7.61. The summed E-state index contributed by atoms with van der Waals surface area (Å²) in [6.07, 6.45) is 2.88. The highest BCUT2D eigenvalue weighted by Crippen LogP contribution is 2.20. The van der Waals surface area contributed by atoms with E-state index in [1.165, 1.54) is 10.9 Å². The van der Waals surface area contributed by atoms with Crippen LogP contribution in [0.25, 0.3) is 5.95 Å². The van der Waals surface area contributed by atoms with Crippen LogP contribution in [0.1, 0.15) is 43.6 Å². The zero-order valence-corrected chi connectivity index (χ0v) is 13.8. The van der Waals surface area contributed by atoms with Gasteiger partial charge in [-0.15, -0.1) is 0 Å². The van der Waals surface area contributed by atoms with Gasteiger partial charge >= 0.3 is 0 Å². The molecule has 0 radical (unpaired) electrons. The molecule has 23 heavy (non-hydrogen) atoms. The molecular weight excluding hydrogens is 292 g/mol. The van der Waals surface area contributed by atoms with Crippen LogP contribution in [-0.2, 0) is 4.79 Å². The van der Waals surface area contributed by atoms with Crippen LogP contribution in [0.5, 0.6) is 0 Å². The molecule has 2 rings (SSSR count). The van der Waals surface area contributed by atoms with Gasteiger partial charge in [-0.1, -0.05) is 13.8 Å². The molecular formula is C16H20N6O. The lowest BCUT2D eigenvalue weighted by molar-refractivity contribution is -0.120. The van der Waals surface area contributed by atoms with Crippen molar-refractivity contribution in [3.8, 4) is 12.0 Å². The molecule has 2 heterocycles. The second-order valence-corrected chi connectivity index (χ2v) is 5.38. The van der Waals surface area contributed by atoms with Gasteiger partial charge < -0.3 is 5.32 Å². The predicted molar refractivity (Wildman–Crippen MR) is 86.0 cm³/mol. The lowest BCUT2D eigenvalue weighted by Gasteiger charge is -2.14. The molecule has 120 valence electrons. The normalized spacial score (nSPS) is 10.6. The maximum atomic E-state index is 12.4. The highest BCUT2D eigenvalue weighted by atomic mass is 16.2. The Labute approximate surface area is 135 Å². The van der Waals surface area contributed by atoms with E-state index < -0.39 is 0 Å². The van der Waals surface area contributed by atoms with E-state index in [1.807, 2.05) is 39.8 Å². The highest BCUT2D eigenvalue weighted by molar-refractivity contribution is 5.93. The van der Waals surface area contributed by atoms with Crippen molar-refractivity contribution in [1.82, 2.24) is 19.7 Å². The Balaban J connectivity index is 2.45. The summed E-state index contributed by atoms with van der Waals surface area (Å²) in [5, 5.41) is 16.2. The van der Waals surface area contributed by atoms with Crippen molar-refractivity contribution in [2.75, 3.05) is 5.32 Å². The fourth-order valence-corrected chi connectivity index (χ4v) is 2.38. The average Bonchev–Trinajstić information content (AvgIpc) is 2.90. The van der Waals surface area contributed by atoms with Crippen LogP contribution in [-0.4, -0.2) is 25.7 Å². The number of nitriles is 1. The molecule has 1 amide bonds. The minimum atomic E-state index is -0.127. The van der Waals surface area contributed by atoms with Crippen molar-refractivity contribution in [2.45, 2.75) is 40.5 Å². The zero-order valence-electron chi connectivity index (χ0n) is 13.8. The van der Waals surface area contributed by atoms with E-state index in [0.717, 1.165) is 24.2 Å². The van der Waals surface area contributed by atoms with Gasteiger partial charge in [-0.3, -0.25) is 4.79 Å². The topological polar surface area (TPSA) is 96.5 Å². The Morgan fingerprint density at radius 2 is 1.91 bits per heavy atom. The minimum absolute atomic E-state index is 0.106. The van der Waals surface area contributed by atoms with Crippen LogP contribution in [0.15, 0.2) is 12.3 Å². The van der Waals surface area contributed by atoms with E-state index in [-0.39, 0.29) is 17.4 Å². The number of hydrogen-bond acceptors (Lipinski definition) is 5. The highest BCUT2D eigenvalue weighted by Gasteiger charge is 2.20. The van der Waals surface area contributed by atoms with Crippen LogP contribution < -0.4 is 5.32 Å². The molecule has 0 aliphatic heterocycles. The van der Waals surface area contributed by atoms with E-state index in [1.54, 1.807) is 0 Å². The van der Waals surface area contributed by atoms with Crippen LogP contribution in [0.2, 0.25) is 0 Å². The predicted octanol–water partition coefficient (Wildman–Crippen LogP) is 2.53. The van der Waals surface area contributed by atoms with E-state index in [0.29, 0.717) is 11.8 Å². The number of nitrogens with one attached hydrogen (secondary N) is 1. The van der Waals surface area contributed by atoms with Gasteiger partial charge in [-0.05, 0) is 32.8 Å². The monoisotopic (exact) mass is 312 g/mol. The summed E-state index contributed by atoms with van der Waals surface area (Å²) in [6.45, 7) is 7.64. The van der Waals surface area contributed by atoms with E-state index >= 15 is 0 Å². The van der Waals surface area contributed by atoms with Crippen LogP contribution in [0, 0.1) is 31.1 Å². The first-order chi connectivity index (χ1) is 11.0. The number of anilines is 1. The van der Waals surface area contributed by atoms with E-state index in [4.69, 9.17) is 0 Å². The van der Waals surface area contributed by atoms with Gasteiger partial charge in [0.05, 0.1) is 6.20 Å². The first-order valence-corrected chi connectivity index (χ1v) is 7.61. The van der Waals surface area contributed by atoms with Crippen LogP contribution in [0.3, 0.4) is 0 Å². The molecule has 1 N–H and O–H groups in total. The van der Waals surface area contributed by atoms with Crippen molar-refractivity contribution in [3.63, 3.8) is 0 Å². The smallest absolute Gasteiger partial charge is 0.252 e. The molecule has 0 aliphatic carbocycles. The van der Waals surface area contributed by atoms with Crippen LogP contribution >= 0.6 is 0 Å². The lowest BCUT2D eigenvalue weighted by atomic mass is 10.0.